The van der Waals surface area contributed by atoms with Crippen LogP contribution in [0.1, 0.15) is 49.3 Å². The molecule has 1 N–H and O–H groups in total. The molecule has 0 spiro atoms. The summed E-state index contributed by atoms with van der Waals surface area (Å²) in [6, 6.07) is 11.4. The van der Waals surface area contributed by atoms with E-state index in [0.717, 1.165) is 38.8 Å². The van der Waals surface area contributed by atoms with Gasteiger partial charge in [0, 0.05) is 25.6 Å². The molecule has 1 aliphatic rings. The number of aliphatic hydroxyl groups is 1. The zero-order valence-electron chi connectivity index (χ0n) is 12.1. The number of aliphatic hydroxyl groups excluding tert-OH is 1. The molecule has 1 unspecified atom stereocenters. The summed E-state index contributed by atoms with van der Waals surface area (Å²) in [5.74, 6) is 0. The molecule has 3 heteroatoms. The quantitative estimate of drug-likeness (QED) is 0.740. The number of hydrogen-bond acceptors (Lipinski definition) is 3. The number of unbranched alkanes of at least 4 members (excludes halogenated alkanes) is 2. The van der Waals surface area contributed by atoms with Crippen molar-refractivity contribution in [3.63, 3.8) is 0 Å². The Morgan fingerprint density at radius 3 is 2.80 bits per heavy atom. The summed E-state index contributed by atoms with van der Waals surface area (Å²) >= 11 is 0. The second-order valence-corrected chi connectivity index (χ2v) is 5.48. The van der Waals surface area contributed by atoms with Crippen LogP contribution in [-0.4, -0.2) is 29.7 Å². The lowest BCUT2D eigenvalue weighted by atomic mass is 10.1. The third-order valence-electron chi connectivity index (χ3n) is 4.13. The molecule has 3 nitrogen and oxygen atoms in total. The van der Waals surface area contributed by atoms with Gasteiger partial charge in [-0.05, 0) is 49.8 Å². The number of benzene rings is 1. The van der Waals surface area contributed by atoms with Crippen molar-refractivity contribution in [3.8, 4) is 6.07 Å². The number of fused-ring (bicyclic) bond motifs is 1. The third kappa shape index (κ3) is 3.82. The topological polar surface area (TPSA) is 47.3 Å². The average Bonchev–Trinajstić information content (AvgIpc) is 2.91. The molecule has 0 amide bonds. The van der Waals surface area contributed by atoms with Crippen molar-refractivity contribution in [2.45, 2.75) is 44.6 Å². The van der Waals surface area contributed by atoms with Crippen LogP contribution in [0.2, 0.25) is 0 Å². The van der Waals surface area contributed by atoms with Gasteiger partial charge in [-0.1, -0.05) is 24.3 Å². The van der Waals surface area contributed by atoms with Gasteiger partial charge in [-0.25, -0.2) is 0 Å². The van der Waals surface area contributed by atoms with Gasteiger partial charge in [-0.2, -0.15) is 5.26 Å². The minimum atomic E-state index is 0.253. The fourth-order valence-electron chi connectivity index (χ4n) is 3.13. The first-order valence-electron chi connectivity index (χ1n) is 7.66. The molecule has 2 rings (SSSR count). The normalized spacial score (nSPS) is 17.1. The fraction of sp³-hybridized carbons (Fsp3) is 0.588. The Hall–Kier alpha value is -1.37. The smallest absolute Gasteiger partial charge is 0.0621 e. The lowest BCUT2D eigenvalue weighted by Gasteiger charge is -2.29. The Labute approximate surface area is 121 Å². The summed E-state index contributed by atoms with van der Waals surface area (Å²) in [6.07, 6.45) is 5.86. The van der Waals surface area contributed by atoms with E-state index in [1.165, 1.54) is 17.5 Å². The minimum absolute atomic E-state index is 0.253. The number of rotatable bonds is 8. The average molecular weight is 272 g/mol. The molecule has 108 valence electrons. The van der Waals surface area contributed by atoms with Crippen LogP contribution in [0.5, 0.6) is 0 Å². The van der Waals surface area contributed by atoms with E-state index in [0.29, 0.717) is 12.5 Å². The van der Waals surface area contributed by atoms with E-state index in [1.807, 2.05) is 0 Å². The molecule has 0 aliphatic heterocycles. The summed E-state index contributed by atoms with van der Waals surface area (Å²) in [6.45, 7) is 2.23. The summed E-state index contributed by atoms with van der Waals surface area (Å²) in [5.41, 5.74) is 2.94. The Morgan fingerprint density at radius 1 is 1.20 bits per heavy atom. The first kappa shape index (κ1) is 15.0. The summed E-state index contributed by atoms with van der Waals surface area (Å²) in [4.78, 5) is 2.50. The molecule has 1 aliphatic carbocycles. The molecule has 0 heterocycles. The highest BCUT2D eigenvalue weighted by Gasteiger charge is 2.26. The highest BCUT2D eigenvalue weighted by molar-refractivity contribution is 5.34. The van der Waals surface area contributed by atoms with Gasteiger partial charge < -0.3 is 5.11 Å². The van der Waals surface area contributed by atoms with E-state index < -0.39 is 0 Å². The highest BCUT2D eigenvalue weighted by Crippen LogP contribution is 2.35. The Balaban J connectivity index is 1.98. The molecule has 1 aromatic rings. The van der Waals surface area contributed by atoms with Crippen molar-refractivity contribution in [1.82, 2.24) is 4.90 Å². The van der Waals surface area contributed by atoms with Crippen LogP contribution in [0.25, 0.3) is 0 Å². The minimum Gasteiger partial charge on any atom is -0.396 e. The molecule has 0 radical (unpaired) electrons. The van der Waals surface area contributed by atoms with E-state index in [4.69, 9.17) is 10.4 Å². The Bertz CT molecular complexity index is 453. The zero-order chi connectivity index (χ0) is 14.2. The van der Waals surface area contributed by atoms with Crippen molar-refractivity contribution in [1.29, 1.82) is 5.26 Å². The van der Waals surface area contributed by atoms with Crippen LogP contribution >= 0.6 is 0 Å². The van der Waals surface area contributed by atoms with E-state index in [9.17, 15) is 0 Å². The van der Waals surface area contributed by atoms with Gasteiger partial charge in [0.05, 0.1) is 6.07 Å². The lowest BCUT2D eigenvalue weighted by Crippen LogP contribution is -2.30. The van der Waals surface area contributed by atoms with Crippen molar-refractivity contribution in [2.75, 3.05) is 19.7 Å². The van der Waals surface area contributed by atoms with Gasteiger partial charge in [0.2, 0.25) is 0 Å². The first-order valence-corrected chi connectivity index (χ1v) is 7.66. The van der Waals surface area contributed by atoms with Gasteiger partial charge in [0.15, 0.2) is 0 Å². The van der Waals surface area contributed by atoms with E-state index in [1.54, 1.807) is 0 Å². The molecule has 0 saturated heterocycles. The highest BCUT2D eigenvalue weighted by atomic mass is 16.3. The summed E-state index contributed by atoms with van der Waals surface area (Å²) in [7, 11) is 0. The molecule has 0 fully saturated rings. The van der Waals surface area contributed by atoms with Gasteiger partial charge in [-0.3, -0.25) is 4.90 Å². The van der Waals surface area contributed by atoms with Crippen LogP contribution in [0.3, 0.4) is 0 Å². The SMILES string of the molecule is N#CCCCCN(CCCO)C1CCc2ccccc21. The van der Waals surface area contributed by atoms with Crippen LogP contribution in [-0.2, 0) is 6.42 Å². The third-order valence-corrected chi connectivity index (χ3v) is 4.13. The van der Waals surface area contributed by atoms with Crippen molar-refractivity contribution >= 4 is 0 Å². The van der Waals surface area contributed by atoms with Crippen molar-refractivity contribution in [3.05, 3.63) is 35.4 Å². The van der Waals surface area contributed by atoms with Gasteiger partial charge in [-0.15, -0.1) is 0 Å². The van der Waals surface area contributed by atoms with Gasteiger partial charge in [0.1, 0.15) is 0 Å². The van der Waals surface area contributed by atoms with Gasteiger partial charge >= 0.3 is 0 Å². The van der Waals surface area contributed by atoms with Crippen molar-refractivity contribution < 1.29 is 5.11 Å². The molecular weight excluding hydrogens is 248 g/mol. The fourth-order valence-corrected chi connectivity index (χ4v) is 3.13. The molecule has 20 heavy (non-hydrogen) atoms. The van der Waals surface area contributed by atoms with E-state index >= 15 is 0 Å². The number of nitrogens with zero attached hydrogens (tertiary/aromatic N) is 2. The molecule has 0 aromatic heterocycles. The standard InChI is InChI=1S/C17H24N2O/c18-11-4-1-5-12-19(13-6-14-20)17-10-9-15-7-2-3-8-16(15)17/h2-3,7-8,17,20H,1,4-6,9-10,12-14H2. The number of nitriles is 1. The number of aryl methyl sites for hydroxylation is 1. The molecule has 1 aromatic carbocycles. The molecular formula is C17H24N2O. The van der Waals surface area contributed by atoms with Crippen LogP contribution in [0, 0.1) is 11.3 Å². The predicted molar refractivity (Wildman–Crippen MR) is 80.2 cm³/mol. The second kappa shape index (κ2) is 8.04. The maximum atomic E-state index is 9.09. The Kier molecular flexibility index (Phi) is 6.04. The van der Waals surface area contributed by atoms with Crippen molar-refractivity contribution in [2.24, 2.45) is 0 Å². The van der Waals surface area contributed by atoms with Crippen LogP contribution in [0.15, 0.2) is 24.3 Å². The first-order chi connectivity index (χ1) is 9.86. The number of hydrogen-bond donors (Lipinski definition) is 1. The zero-order valence-corrected chi connectivity index (χ0v) is 12.1. The predicted octanol–water partition coefficient (Wildman–Crippen LogP) is 3.05. The second-order valence-electron chi connectivity index (χ2n) is 5.48. The maximum Gasteiger partial charge on any atom is 0.0621 e. The van der Waals surface area contributed by atoms with Crippen LogP contribution in [0.4, 0.5) is 0 Å². The molecule has 1 atom stereocenters. The Morgan fingerprint density at radius 2 is 2.00 bits per heavy atom. The molecule has 0 bridgehead atoms. The summed E-state index contributed by atoms with van der Waals surface area (Å²) < 4.78 is 0. The molecule has 0 saturated carbocycles. The monoisotopic (exact) mass is 272 g/mol. The van der Waals surface area contributed by atoms with Crippen LogP contribution < -0.4 is 0 Å². The lowest BCUT2D eigenvalue weighted by molar-refractivity contribution is 0.170. The summed E-state index contributed by atoms with van der Waals surface area (Å²) in [5, 5.41) is 17.7. The maximum absolute atomic E-state index is 9.09. The largest absolute Gasteiger partial charge is 0.396 e. The van der Waals surface area contributed by atoms with Gasteiger partial charge in [0.25, 0.3) is 0 Å². The van der Waals surface area contributed by atoms with E-state index in [-0.39, 0.29) is 6.61 Å². The van der Waals surface area contributed by atoms with E-state index in [2.05, 4.69) is 35.2 Å².